The van der Waals surface area contributed by atoms with Crippen molar-refractivity contribution in [3.63, 3.8) is 0 Å². The molecule has 0 saturated heterocycles. The van der Waals surface area contributed by atoms with Gasteiger partial charge in [-0.1, -0.05) is 31.4 Å². The van der Waals surface area contributed by atoms with E-state index in [4.69, 9.17) is 4.74 Å². The first kappa shape index (κ1) is 26.3. The molecule has 0 heterocycles. The number of benzene rings is 2. The summed E-state index contributed by atoms with van der Waals surface area (Å²) in [7, 11) is 1.85. The van der Waals surface area contributed by atoms with Crippen LogP contribution >= 0.6 is 11.8 Å². The van der Waals surface area contributed by atoms with Crippen LogP contribution in [0.5, 0.6) is 0 Å². The Kier molecular flexibility index (Phi) is 9.72. The molecule has 0 aromatic heterocycles. The fourth-order valence-electron chi connectivity index (χ4n) is 3.92. The minimum Gasteiger partial charge on any atom is -0.452 e. The minimum atomic E-state index is -0.627. The summed E-state index contributed by atoms with van der Waals surface area (Å²) in [4.78, 5) is 51.1. The molecule has 3 rings (SSSR count). The predicted octanol–water partition coefficient (Wildman–Crippen LogP) is 4.32. The molecule has 1 saturated carbocycles. The zero-order valence-corrected chi connectivity index (χ0v) is 20.9. The number of ether oxygens (including phenoxy) is 1. The molecule has 2 aromatic rings. The van der Waals surface area contributed by atoms with Crippen LogP contribution < -0.4 is 10.6 Å². The number of thioether (sulfide) groups is 1. The van der Waals surface area contributed by atoms with E-state index in [2.05, 4.69) is 10.6 Å². The standard InChI is InChI=1S/C26H31N3O5S/c1-18(30)27-19-12-14-20(15-13-19)28-24(31)16-34-26(33)22-10-6-7-11-23(22)35-17-25(32)29(2)21-8-4-3-5-9-21/h6-7,10-15,21H,3-5,8-9,16-17H2,1-2H3,(H,27,30)(H,28,31). The lowest BCUT2D eigenvalue weighted by molar-refractivity contribution is -0.129. The van der Waals surface area contributed by atoms with Gasteiger partial charge in [-0.05, 0) is 49.2 Å². The molecule has 1 aliphatic rings. The maximum Gasteiger partial charge on any atom is 0.339 e. The Morgan fingerprint density at radius 2 is 1.57 bits per heavy atom. The number of carbonyl (C=O) groups is 4. The Hall–Kier alpha value is -3.33. The third-order valence-corrected chi connectivity index (χ3v) is 6.86. The van der Waals surface area contributed by atoms with Gasteiger partial charge in [0.05, 0.1) is 11.3 Å². The van der Waals surface area contributed by atoms with E-state index in [0.717, 1.165) is 25.7 Å². The van der Waals surface area contributed by atoms with E-state index in [-0.39, 0.29) is 23.6 Å². The zero-order chi connectivity index (χ0) is 25.2. The largest absolute Gasteiger partial charge is 0.452 e. The van der Waals surface area contributed by atoms with Crippen LogP contribution in [0.1, 0.15) is 49.4 Å². The van der Waals surface area contributed by atoms with Crippen molar-refractivity contribution in [3.05, 3.63) is 54.1 Å². The van der Waals surface area contributed by atoms with Gasteiger partial charge in [0.1, 0.15) is 0 Å². The van der Waals surface area contributed by atoms with E-state index in [1.807, 2.05) is 11.9 Å². The van der Waals surface area contributed by atoms with Gasteiger partial charge in [-0.25, -0.2) is 4.79 Å². The van der Waals surface area contributed by atoms with E-state index in [9.17, 15) is 19.2 Å². The second-order valence-electron chi connectivity index (χ2n) is 8.46. The van der Waals surface area contributed by atoms with Gasteiger partial charge < -0.3 is 20.3 Å². The SMILES string of the molecule is CC(=O)Nc1ccc(NC(=O)COC(=O)c2ccccc2SCC(=O)N(C)C2CCCCC2)cc1. The number of esters is 1. The topological polar surface area (TPSA) is 105 Å². The summed E-state index contributed by atoms with van der Waals surface area (Å²) in [5, 5.41) is 5.29. The molecular weight excluding hydrogens is 466 g/mol. The highest BCUT2D eigenvalue weighted by Gasteiger charge is 2.23. The van der Waals surface area contributed by atoms with Crippen LogP contribution in [0.2, 0.25) is 0 Å². The average molecular weight is 498 g/mol. The number of hydrogen-bond acceptors (Lipinski definition) is 6. The van der Waals surface area contributed by atoms with Crippen molar-refractivity contribution in [3.8, 4) is 0 Å². The molecule has 186 valence electrons. The lowest BCUT2D eigenvalue weighted by Crippen LogP contribution is -2.39. The summed E-state index contributed by atoms with van der Waals surface area (Å²) in [5.74, 6) is -1.04. The fourth-order valence-corrected chi connectivity index (χ4v) is 4.88. The highest BCUT2D eigenvalue weighted by Crippen LogP contribution is 2.26. The summed E-state index contributed by atoms with van der Waals surface area (Å²) in [6, 6.07) is 13.8. The predicted molar refractivity (Wildman–Crippen MR) is 136 cm³/mol. The van der Waals surface area contributed by atoms with Crippen LogP contribution in [-0.2, 0) is 19.1 Å². The van der Waals surface area contributed by atoms with Crippen molar-refractivity contribution in [2.45, 2.75) is 50.0 Å². The first-order valence-corrected chi connectivity index (χ1v) is 12.6. The van der Waals surface area contributed by atoms with Crippen molar-refractivity contribution in [2.24, 2.45) is 0 Å². The van der Waals surface area contributed by atoms with Gasteiger partial charge in [-0.15, -0.1) is 11.8 Å². The summed E-state index contributed by atoms with van der Waals surface area (Å²) in [5.41, 5.74) is 1.44. The van der Waals surface area contributed by atoms with E-state index < -0.39 is 18.5 Å². The van der Waals surface area contributed by atoms with Crippen LogP contribution in [0.25, 0.3) is 0 Å². The molecule has 0 unspecified atom stereocenters. The first-order valence-electron chi connectivity index (χ1n) is 11.7. The second-order valence-corrected chi connectivity index (χ2v) is 9.48. The van der Waals surface area contributed by atoms with E-state index >= 15 is 0 Å². The molecule has 8 nitrogen and oxygen atoms in total. The molecule has 2 aromatic carbocycles. The maximum absolute atomic E-state index is 12.7. The molecule has 0 bridgehead atoms. The quantitative estimate of drug-likeness (QED) is 0.395. The molecule has 0 spiro atoms. The number of nitrogens with zero attached hydrogens (tertiary/aromatic N) is 1. The van der Waals surface area contributed by atoms with Crippen molar-refractivity contribution in [1.82, 2.24) is 4.90 Å². The Bertz CT molecular complexity index is 1050. The van der Waals surface area contributed by atoms with Gasteiger partial charge in [0, 0.05) is 36.3 Å². The van der Waals surface area contributed by atoms with Crippen molar-refractivity contribution in [2.75, 3.05) is 30.0 Å². The van der Waals surface area contributed by atoms with Gasteiger partial charge >= 0.3 is 5.97 Å². The van der Waals surface area contributed by atoms with Crippen molar-refractivity contribution in [1.29, 1.82) is 0 Å². The minimum absolute atomic E-state index is 0.0361. The van der Waals surface area contributed by atoms with Gasteiger partial charge in [-0.2, -0.15) is 0 Å². The number of carbonyl (C=O) groups excluding carboxylic acids is 4. The van der Waals surface area contributed by atoms with Crippen LogP contribution in [0, 0.1) is 0 Å². The third kappa shape index (κ3) is 8.13. The molecule has 1 aliphatic carbocycles. The Morgan fingerprint density at radius 3 is 2.23 bits per heavy atom. The van der Waals surface area contributed by atoms with Gasteiger partial charge in [-0.3, -0.25) is 14.4 Å². The highest BCUT2D eigenvalue weighted by atomic mass is 32.2. The summed E-state index contributed by atoms with van der Waals surface area (Å²) in [6.07, 6.45) is 5.61. The number of nitrogens with one attached hydrogen (secondary N) is 2. The van der Waals surface area contributed by atoms with Crippen molar-refractivity contribution < 1.29 is 23.9 Å². The molecule has 35 heavy (non-hydrogen) atoms. The molecule has 9 heteroatoms. The Labute approximate surface area is 209 Å². The molecule has 0 aliphatic heterocycles. The number of rotatable bonds is 9. The molecule has 1 fully saturated rings. The number of amides is 3. The normalized spacial score (nSPS) is 13.5. The first-order chi connectivity index (χ1) is 16.8. The lowest BCUT2D eigenvalue weighted by atomic mass is 9.94. The molecular formula is C26H31N3O5S. The number of hydrogen-bond donors (Lipinski definition) is 2. The van der Waals surface area contributed by atoms with Crippen LogP contribution in [0.4, 0.5) is 11.4 Å². The summed E-state index contributed by atoms with van der Waals surface area (Å²) < 4.78 is 5.21. The monoisotopic (exact) mass is 497 g/mol. The molecule has 0 radical (unpaired) electrons. The average Bonchev–Trinajstić information content (AvgIpc) is 2.87. The van der Waals surface area contributed by atoms with Crippen LogP contribution in [-0.4, -0.2) is 54.0 Å². The van der Waals surface area contributed by atoms with Gasteiger partial charge in [0.25, 0.3) is 5.91 Å². The third-order valence-electron chi connectivity index (χ3n) is 5.80. The highest BCUT2D eigenvalue weighted by molar-refractivity contribution is 8.00. The maximum atomic E-state index is 12.7. The van der Waals surface area contributed by atoms with Gasteiger partial charge in [0.2, 0.25) is 11.8 Å². The lowest BCUT2D eigenvalue weighted by Gasteiger charge is -2.31. The second kappa shape index (κ2) is 12.9. The summed E-state index contributed by atoms with van der Waals surface area (Å²) >= 11 is 1.30. The molecule has 2 N–H and O–H groups in total. The molecule has 3 amide bonds. The van der Waals surface area contributed by atoms with E-state index in [0.29, 0.717) is 21.8 Å². The smallest absolute Gasteiger partial charge is 0.339 e. The Balaban J connectivity index is 1.50. The van der Waals surface area contributed by atoms with Crippen LogP contribution in [0.3, 0.4) is 0 Å². The Morgan fingerprint density at radius 1 is 0.943 bits per heavy atom. The number of anilines is 2. The van der Waals surface area contributed by atoms with E-state index in [1.165, 1.54) is 25.1 Å². The molecule has 0 atom stereocenters. The van der Waals surface area contributed by atoms with Gasteiger partial charge in [0.15, 0.2) is 6.61 Å². The fraction of sp³-hybridized carbons (Fsp3) is 0.385. The summed E-state index contributed by atoms with van der Waals surface area (Å²) in [6.45, 7) is 0.961. The zero-order valence-electron chi connectivity index (χ0n) is 20.0. The van der Waals surface area contributed by atoms with Crippen LogP contribution in [0.15, 0.2) is 53.4 Å². The van der Waals surface area contributed by atoms with Crippen molar-refractivity contribution >= 4 is 46.8 Å². The van der Waals surface area contributed by atoms with E-state index in [1.54, 1.807) is 48.5 Å².